The average molecular weight is 129 g/mol. The fourth-order valence-corrected chi connectivity index (χ4v) is 0.939. The first-order valence-electron chi connectivity index (χ1n) is 3.38. The van der Waals surface area contributed by atoms with Gasteiger partial charge >= 0.3 is 0 Å². The first-order chi connectivity index (χ1) is 4.43. The normalized spacial score (nSPS) is 28.3. The molecule has 1 aliphatic rings. The van der Waals surface area contributed by atoms with E-state index in [0.717, 1.165) is 32.7 Å². The molecule has 0 aromatic heterocycles. The summed E-state index contributed by atoms with van der Waals surface area (Å²) in [6, 6.07) is 0.378. The molecule has 0 bridgehead atoms. The van der Waals surface area contributed by atoms with Crippen LogP contribution in [0.15, 0.2) is 0 Å². The molecule has 9 heavy (non-hydrogen) atoms. The summed E-state index contributed by atoms with van der Waals surface area (Å²) < 4.78 is 5.19. The van der Waals surface area contributed by atoms with Crippen molar-refractivity contribution in [3.63, 3.8) is 0 Å². The highest BCUT2D eigenvalue weighted by molar-refractivity contribution is 4.68. The van der Waals surface area contributed by atoms with Gasteiger partial charge in [-0.2, -0.15) is 0 Å². The quantitative estimate of drug-likeness (QED) is 0.538. The third kappa shape index (κ3) is 2.30. The molecule has 0 spiro atoms. The fourth-order valence-electron chi connectivity index (χ4n) is 0.939. The van der Waals surface area contributed by atoms with Crippen molar-refractivity contribution in [3.8, 4) is 0 Å². The van der Waals surface area contributed by atoms with Gasteiger partial charge in [0.25, 0.3) is 0 Å². The maximum atomic E-state index is 5.34. The lowest BCUT2D eigenvalue weighted by Gasteiger charge is -2.20. The number of rotatable bonds is 2. The zero-order chi connectivity index (χ0) is 6.53. The van der Waals surface area contributed by atoms with E-state index >= 15 is 0 Å². The summed E-state index contributed by atoms with van der Waals surface area (Å²) in [5.74, 6) is 0. The Morgan fingerprint density at radius 1 is 1.67 bits per heavy atom. The Bertz CT molecular complexity index is 68.7. The molecular weight excluding hydrogens is 116 g/mol. The average Bonchev–Trinajstić information content (AvgIpc) is 1.91. The Balaban J connectivity index is 2.08. The monoisotopic (exact) mass is 129 g/mol. The molecular formula is C6H13N2O. The molecule has 1 heterocycles. The van der Waals surface area contributed by atoms with E-state index in [2.05, 4.69) is 5.32 Å². The van der Waals surface area contributed by atoms with E-state index < -0.39 is 0 Å². The smallest absolute Gasteiger partial charge is 0.0637 e. The van der Waals surface area contributed by atoms with Gasteiger partial charge in [0.2, 0.25) is 0 Å². The Hall–Kier alpha value is -0.120. The van der Waals surface area contributed by atoms with Gasteiger partial charge in [-0.15, -0.1) is 0 Å². The fraction of sp³-hybridized carbons (Fsp3) is 1.00. The van der Waals surface area contributed by atoms with Crippen LogP contribution in [0.2, 0.25) is 0 Å². The largest absolute Gasteiger partial charge is 0.378 e. The van der Waals surface area contributed by atoms with Crippen LogP contribution in [-0.4, -0.2) is 32.3 Å². The molecule has 3 nitrogen and oxygen atoms in total. The van der Waals surface area contributed by atoms with Gasteiger partial charge in [0.15, 0.2) is 0 Å². The van der Waals surface area contributed by atoms with E-state index in [0.29, 0.717) is 6.04 Å². The van der Waals surface area contributed by atoms with Crippen molar-refractivity contribution in [1.82, 2.24) is 5.32 Å². The van der Waals surface area contributed by atoms with Crippen molar-refractivity contribution in [3.05, 3.63) is 0 Å². The molecule has 0 aromatic carbocycles. The van der Waals surface area contributed by atoms with Gasteiger partial charge in [-0.25, -0.2) is 5.32 Å². The number of morpholine rings is 1. The molecule has 0 amide bonds. The van der Waals surface area contributed by atoms with Crippen LogP contribution < -0.4 is 11.1 Å². The molecule has 1 atom stereocenters. The molecule has 53 valence electrons. The molecule has 0 saturated carbocycles. The number of hydrogen-bond acceptors (Lipinski definition) is 2. The van der Waals surface area contributed by atoms with Crippen molar-refractivity contribution in [2.75, 3.05) is 26.3 Å². The molecule has 0 aromatic rings. The minimum Gasteiger partial charge on any atom is -0.378 e. The maximum Gasteiger partial charge on any atom is 0.0637 e. The Morgan fingerprint density at radius 2 is 2.56 bits per heavy atom. The Morgan fingerprint density at radius 3 is 3.11 bits per heavy atom. The van der Waals surface area contributed by atoms with Crippen molar-refractivity contribution >= 4 is 0 Å². The zero-order valence-corrected chi connectivity index (χ0v) is 5.55. The van der Waals surface area contributed by atoms with Gasteiger partial charge in [0, 0.05) is 12.6 Å². The van der Waals surface area contributed by atoms with Crippen LogP contribution in [0.25, 0.3) is 0 Å². The first kappa shape index (κ1) is 6.99. The van der Waals surface area contributed by atoms with Crippen LogP contribution >= 0.6 is 0 Å². The molecule has 1 saturated heterocycles. The van der Waals surface area contributed by atoms with Gasteiger partial charge in [0.1, 0.15) is 0 Å². The summed E-state index contributed by atoms with van der Waals surface area (Å²) in [5.41, 5.74) is 5.34. The number of hydrogen-bond donors (Lipinski definition) is 1. The van der Waals surface area contributed by atoms with Crippen LogP contribution in [-0.2, 0) is 4.74 Å². The Kier molecular flexibility index (Phi) is 2.97. The van der Waals surface area contributed by atoms with Gasteiger partial charge in [-0.1, -0.05) is 0 Å². The van der Waals surface area contributed by atoms with Crippen LogP contribution in [0, 0.1) is 0 Å². The number of ether oxygens (including phenoxy) is 1. The summed E-state index contributed by atoms with van der Waals surface area (Å²) >= 11 is 0. The Labute approximate surface area is 55.6 Å². The van der Waals surface area contributed by atoms with Crippen molar-refractivity contribution in [2.24, 2.45) is 5.73 Å². The van der Waals surface area contributed by atoms with Gasteiger partial charge < -0.3 is 10.5 Å². The summed E-state index contributed by atoms with van der Waals surface area (Å²) in [5, 5.41) is 4.31. The van der Waals surface area contributed by atoms with Gasteiger partial charge in [0.05, 0.1) is 13.2 Å². The zero-order valence-electron chi connectivity index (χ0n) is 5.55. The predicted molar refractivity (Wildman–Crippen MR) is 35.3 cm³/mol. The minimum absolute atomic E-state index is 0.378. The molecule has 3 heteroatoms. The van der Waals surface area contributed by atoms with E-state index in [9.17, 15) is 0 Å². The molecule has 2 N–H and O–H groups in total. The molecule has 1 radical (unpaired) electrons. The summed E-state index contributed by atoms with van der Waals surface area (Å²) in [6.07, 6.45) is 0.972. The highest BCUT2D eigenvalue weighted by Gasteiger charge is 2.12. The number of nitrogens with zero attached hydrogens (tertiary/aromatic N) is 1. The van der Waals surface area contributed by atoms with Crippen LogP contribution in [0.4, 0.5) is 0 Å². The summed E-state index contributed by atoms with van der Waals surface area (Å²) in [4.78, 5) is 0. The van der Waals surface area contributed by atoms with E-state index in [1.807, 2.05) is 0 Å². The lowest BCUT2D eigenvalue weighted by molar-refractivity contribution is 0.0726. The maximum absolute atomic E-state index is 5.34. The molecule has 0 aliphatic carbocycles. The topological polar surface area (TPSA) is 49.4 Å². The van der Waals surface area contributed by atoms with Crippen LogP contribution in [0.5, 0.6) is 0 Å². The van der Waals surface area contributed by atoms with Crippen LogP contribution in [0.1, 0.15) is 6.42 Å². The second-order valence-corrected chi connectivity index (χ2v) is 2.21. The number of nitrogens with two attached hydrogens (primary N) is 1. The van der Waals surface area contributed by atoms with Gasteiger partial charge in [-0.3, -0.25) is 0 Å². The highest BCUT2D eigenvalue weighted by Crippen LogP contribution is 1.97. The third-order valence-corrected chi connectivity index (χ3v) is 1.43. The second-order valence-electron chi connectivity index (χ2n) is 2.21. The van der Waals surface area contributed by atoms with Crippen molar-refractivity contribution in [1.29, 1.82) is 0 Å². The second kappa shape index (κ2) is 3.82. The molecule has 1 unspecified atom stereocenters. The van der Waals surface area contributed by atoms with Gasteiger partial charge in [-0.05, 0) is 13.0 Å². The van der Waals surface area contributed by atoms with Crippen molar-refractivity contribution in [2.45, 2.75) is 12.5 Å². The summed E-state index contributed by atoms with van der Waals surface area (Å²) in [7, 11) is 0. The molecule has 1 fully saturated rings. The molecule has 1 rings (SSSR count). The van der Waals surface area contributed by atoms with E-state index in [1.54, 1.807) is 0 Å². The van der Waals surface area contributed by atoms with E-state index in [4.69, 9.17) is 10.5 Å². The minimum atomic E-state index is 0.378. The summed E-state index contributed by atoms with van der Waals surface area (Å²) in [6.45, 7) is 3.14. The lowest BCUT2D eigenvalue weighted by atomic mass is 10.2. The lowest BCUT2D eigenvalue weighted by Crippen LogP contribution is -2.37. The highest BCUT2D eigenvalue weighted by atomic mass is 16.5. The first-order valence-corrected chi connectivity index (χ1v) is 3.38. The van der Waals surface area contributed by atoms with E-state index in [1.165, 1.54) is 0 Å². The molecule has 1 aliphatic heterocycles. The van der Waals surface area contributed by atoms with E-state index in [-0.39, 0.29) is 0 Å². The standard InChI is InChI=1S/C6H13N2O/c7-2-1-6-5-9-4-3-8-6/h6H,1-5,7H2. The predicted octanol–water partition coefficient (Wildman–Crippen LogP) is -0.662. The SMILES string of the molecule is NCCC1COCC[N]1. The third-order valence-electron chi connectivity index (χ3n) is 1.43. The van der Waals surface area contributed by atoms with Crippen molar-refractivity contribution < 1.29 is 4.74 Å². The van der Waals surface area contributed by atoms with Crippen LogP contribution in [0.3, 0.4) is 0 Å².